The molecule has 0 spiro atoms. The first-order chi connectivity index (χ1) is 8.86. The molecule has 2 rings (SSSR count). The van der Waals surface area contributed by atoms with Gasteiger partial charge in [-0.05, 0) is 44.6 Å². The fraction of sp³-hybridized carbons (Fsp3) is 1.00. The van der Waals surface area contributed by atoms with E-state index in [0.717, 1.165) is 24.5 Å². The van der Waals surface area contributed by atoms with E-state index in [0.29, 0.717) is 6.10 Å². The molecule has 1 aliphatic heterocycles. The van der Waals surface area contributed by atoms with Crippen LogP contribution in [0.2, 0.25) is 0 Å². The molecule has 1 saturated carbocycles. The average Bonchev–Trinajstić information content (AvgIpc) is 2.89. The van der Waals surface area contributed by atoms with Crippen molar-refractivity contribution in [2.45, 2.75) is 77.4 Å². The third-order valence-corrected chi connectivity index (χ3v) is 4.91. The first-order valence-corrected chi connectivity index (χ1v) is 8.21. The molecule has 0 aromatic carbocycles. The first-order valence-electron chi connectivity index (χ1n) is 8.21. The quantitative estimate of drug-likeness (QED) is 0.778. The van der Waals surface area contributed by atoms with Gasteiger partial charge in [-0.1, -0.05) is 33.1 Å². The van der Waals surface area contributed by atoms with E-state index in [1.54, 1.807) is 0 Å². The molecule has 2 nitrogen and oxygen atoms in total. The summed E-state index contributed by atoms with van der Waals surface area (Å²) in [6.07, 6.45) is 11.4. The highest BCUT2D eigenvalue weighted by Crippen LogP contribution is 2.35. The van der Waals surface area contributed by atoms with Crippen molar-refractivity contribution in [3.05, 3.63) is 0 Å². The van der Waals surface area contributed by atoms with Gasteiger partial charge in [-0.25, -0.2) is 0 Å². The number of hydrogen-bond acceptors (Lipinski definition) is 2. The van der Waals surface area contributed by atoms with Gasteiger partial charge in [-0.15, -0.1) is 0 Å². The number of rotatable bonds is 6. The van der Waals surface area contributed by atoms with E-state index < -0.39 is 0 Å². The molecule has 1 saturated heterocycles. The van der Waals surface area contributed by atoms with Gasteiger partial charge in [0.1, 0.15) is 0 Å². The van der Waals surface area contributed by atoms with Gasteiger partial charge in [-0.2, -0.15) is 0 Å². The van der Waals surface area contributed by atoms with E-state index in [1.807, 2.05) is 0 Å². The van der Waals surface area contributed by atoms with Gasteiger partial charge < -0.3 is 10.1 Å². The van der Waals surface area contributed by atoms with Crippen molar-refractivity contribution in [3.63, 3.8) is 0 Å². The summed E-state index contributed by atoms with van der Waals surface area (Å²) in [7, 11) is 0. The molecule has 2 aliphatic rings. The predicted molar refractivity (Wildman–Crippen MR) is 76.8 cm³/mol. The maximum absolute atomic E-state index is 5.93. The smallest absolute Gasteiger partial charge is 0.0616 e. The third-order valence-electron chi connectivity index (χ3n) is 4.91. The lowest BCUT2D eigenvalue weighted by Crippen LogP contribution is -2.46. The Bertz CT molecular complexity index is 225. The fourth-order valence-electron chi connectivity index (χ4n) is 3.97. The Morgan fingerprint density at radius 3 is 2.56 bits per heavy atom. The predicted octanol–water partition coefficient (Wildman–Crippen LogP) is 3.75. The van der Waals surface area contributed by atoms with Gasteiger partial charge in [-0.3, -0.25) is 0 Å². The Hall–Kier alpha value is -0.0800. The van der Waals surface area contributed by atoms with Gasteiger partial charge in [0.25, 0.3) is 0 Å². The average molecular weight is 253 g/mol. The molecule has 0 radical (unpaired) electrons. The Labute approximate surface area is 113 Å². The summed E-state index contributed by atoms with van der Waals surface area (Å²) in [5.74, 6) is 1.68. The number of ether oxygens (including phenoxy) is 1. The minimum atomic E-state index is 0.515. The van der Waals surface area contributed by atoms with Gasteiger partial charge in [0.15, 0.2) is 0 Å². The highest BCUT2D eigenvalue weighted by Gasteiger charge is 2.37. The van der Waals surface area contributed by atoms with E-state index in [-0.39, 0.29) is 0 Å². The van der Waals surface area contributed by atoms with Crippen LogP contribution in [0.1, 0.15) is 65.2 Å². The van der Waals surface area contributed by atoms with Crippen LogP contribution in [0.15, 0.2) is 0 Å². The van der Waals surface area contributed by atoms with Crippen molar-refractivity contribution < 1.29 is 4.74 Å². The lowest BCUT2D eigenvalue weighted by atomic mass is 9.76. The summed E-state index contributed by atoms with van der Waals surface area (Å²) < 4.78 is 5.93. The summed E-state index contributed by atoms with van der Waals surface area (Å²) in [5, 5.41) is 3.87. The van der Waals surface area contributed by atoms with Crippen LogP contribution in [-0.4, -0.2) is 25.3 Å². The van der Waals surface area contributed by atoms with Gasteiger partial charge in [0.05, 0.1) is 6.10 Å². The molecular formula is C16H31NO. The minimum Gasteiger partial charge on any atom is -0.378 e. The van der Waals surface area contributed by atoms with Crippen LogP contribution < -0.4 is 5.32 Å². The van der Waals surface area contributed by atoms with E-state index in [2.05, 4.69) is 19.2 Å². The number of hydrogen-bond donors (Lipinski definition) is 1. The maximum Gasteiger partial charge on any atom is 0.0616 e. The molecule has 1 aliphatic carbocycles. The van der Waals surface area contributed by atoms with E-state index in [1.165, 1.54) is 57.9 Å². The number of nitrogens with one attached hydrogen (secondary N) is 1. The zero-order valence-corrected chi connectivity index (χ0v) is 12.3. The second-order valence-corrected chi connectivity index (χ2v) is 6.15. The molecule has 2 heteroatoms. The molecule has 0 aromatic rings. The minimum absolute atomic E-state index is 0.515. The van der Waals surface area contributed by atoms with E-state index in [9.17, 15) is 0 Å². The highest BCUT2D eigenvalue weighted by atomic mass is 16.5. The lowest BCUT2D eigenvalue weighted by Gasteiger charge is -2.36. The lowest BCUT2D eigenvalue weighted by molar-refractivity contribution is 0.0649. The summed E-state index contributed by atoms with van der Waals surface area (Å²) in [6, 6.07) is 0.720. The normalized spacial score (nSPS) is 31.7. The molecule has 1 N–H and O–H groups in total. The summed E-state index contributed by atoms with van der Waals surface area (Å²) in [5.41, 5.74) is 0. The Kier molecular flexibility index (Phi) is 5.97. The molecule has 3 atom stereocenters. The van der Waals surface area contributed by atoms with Crippen molar-refractivity contribution >= 4 is 0 Å². The summed E-state index contributed by atoms with van der Waals surface area (Å²) >= 11 is 0. The van der Waals surface area contributed by atoms with Crippen LogP contribution in [0.3, 0.4) is 0 Å². The molecular weight excluding hydrogens is 222 g/mol. The first kappa shape index (κ1) is 14.3. The zero-order chi connectivity index (χ0) is 12.8. The molecule has 18 heavy (non-hydrogen) atoms. The monoisotopic (exact) mass is 253 g/mol. The van der Waals surface area contributed by atoms with Gasteiger partial charge >= 0.3 is 0 Å². The van der Waals surface area contributed by atoms with Crippen molar-refractivity contribution in [2.24, 2.45) is 11.8 Å². The molecule has 1 heterocycles. The molecule has 0 bridgehead atoms. The van der Waals surface area contributed by atoms with Gasteiger partial charge in [0, 0.05) is 18.6 Å². The zero-order valence-electron chi connectivity index (χ0n) is 12.3. The van der Waals surface area contributed by atoms with Crippen LogP contribution in [0, 0.1) is 11.8 Å². The van der Waals surface area contributed by atoms with Crippen LogP contribution in [0.25, 0.3) is 0 Å². The van der Waals surface area contributed by atoms with Crippen LogP contribution >= 0.6 is 0 Å². The van der Waals surface area contributed by atoms with Crippen molar-refractivity contribution in [1.82, 2.24) is 5.32 Å². The molecule has 2 fully saturated rings. The largest absolute Gasteiger partial charge is 0.378 e. The Morgan fingerprint density at radius 1 is 1.11 bits per heavy atom. The van der Waals surface area contributed by atoms with Gasteiger partial charge in [0.2, 0.25) is 0 Å². The third kappa shape index (κ3) is 3.48. The highest BCUT2D eigenvalue weighted by molar-refractivity contribution is 4.91. The van der Waals surface area contributed by atoms with Crippen molar-refractivity contribution in [2.75, 3.05) is 13.2 Å². The molecule has 3 unspecified atom stereocenters. The molecule has 106 valence electrons. The Morgan fingerprint density at radius 2 is 1.89 bits per heavy atom. The van der Waals surface area contributed by atoms with Crippen molar-refractivity contribution in [1.29, 1.82) is 0 Å². The fourth-order valence-corrected chi connectivity index (χ4v) is 3.97. The van der Waals surface area contributed by atoms with E-state index >= 15 is 0 Å². The molecule has 0 amide bonds. The maximum atomic E-state index is 5.93. The summed E-state index contributed by atoms with van der Waals surface area (Å²) in [6.45, 7) is 6.71. The van der Waals surface area contributed by atoms with Crippen molar-refractivity contribution in [3.8, 4) is 0 Å². The van der Waals surface area contributed by atoms with Crippen LogP contribution in [0.4, 0.5) is 0 Å². The molecule has 0 aromatic heterocycles. The SMILES string of the molecule is CCCNC(C1CCCCC1)C1CCOC1CC. The second kappa shape index (κ2) is 7.49. The van der Waals surface area contributed by atoms with Crippen LogP contribution in [-0.2, 0) is 4.74 Å². The van der Waals surface area contributed by atoms with Crippen LogP contribution in [0.5, 0.6) is 0 Å². The second-order valence-electron chi connectivity index (χ2n) is 6.15. The summed E-state index contributed by atoms with van der Waals surface area (Å²) in [4.78, 5) is 0. The standard InChI is InChI=1S/C16H31NO/c1-3-11-17-16(13-8-6-5-7-9-13)14-10-12-18-15(14)4-2/h13-17H,3-12H2,1-2H3. The topological polar surface area (TPSA) is 21.3 Å². The van der Waals surface area contributed by atoms with E-state index in [4.69, 9.17) is 4.74 Å². The Balaban J connectivity index is 1.98.